The Morgan fingerprint density at radius 2 is 1.85 bits per heavy atom. The zero-order valence-electron chi connectivity index (χ0n) is 13.6. The zero-order chi connectivity index (χ0) is 21.4. The molecule has 17 heteroatoms. The van der Waals surface area contributed by atoms with E-state index in [1.807, 2.05) is 0 Å². The molecule has 1 aliphatic heterocycles. The van der Waals surface area contributed by atoms with E-state index in [0.29, 0.717) is 0 Å². The van der Waals surface area contributed by atoms with Gasteiger partial charge in [0.1, 0.15) is 18.3 Å². The van der Waals surface area contributed by atoms with Gasteiger partial charge in [-0.2, -0.15) is 0 Å². The monoisotopic (exact) mass is 453 g/mol. The second kappa shape index (κ2) is 11.8. The molecule has 8 N–H and O–H groups in total. The van der Waals surface area contributed by atoms with Crippen LogP contribution in [0.3, 0.4) is 0 Å². The Morgan fingerprint density at radius 3 is 2.22 bits per heavy atom. The summed E-state index contributed by atoms with van der Waals surface area (Å²) in [5.74, 6) is 0. The highest BCUT2D eigenvalue weighted by Gasteiger charge is 2.45. The number of hydrogen-bond acceptors (Lipinski definition) is 8. The maximum atomic E-state index is 11.6. The lowest BCUT2D eigenvalue weighted by molar-refractivity contribution is -0.0625. The van der Waals surface area contributed by atoms with Gasteiger partial charge < -0.3 is 34.4 Å². The lowest BCUT2D eigenvalue weighted by Crippen LogP contribution is -2.38. The van der Waals surface area contributed by atoms with Gasteiger partial charge in [-0.15, -0.1) is 9.79 Å². The van der Waals surface area contributed by atoms with Gasteiger partial charge in [-0.25, -0.2) is 4.79 Å². The van der Waals surface area contributed by atoms with Crippen molar-refractivity contribution in [3.8, 4) is 0 Å². The minimum atomic E-state index is -3.81. The first-order valence-electron chi connectivity index (χ1n) is 6.73. The van der Waals surface area contributed by atoms with E-state index in [4.69, 9.17) is 43.6 Å². The van der Waals surface area contributed by atoms with E-state index in [1.165, 1.54) is 13.3 Å². The zero-order valence-corrected chi connectivity index (χ0v) is 16.2. The first kappa shape index (κ1) is 26.1. The summed E-state index contributed by atoms with van der Waals surface area (Å²) >= 11 is 3.60. The second-order valence-electron chi connectivity index (χ2n) is 4.72. The molecule has 2 heterocycles. The van der Waals surface area contributed by atoms with Crippen LogP contribution in [0.4, 0.5) is 0 Å². The van der Waals surface area contributed by atoms with Crippen molar-refractivity contribution >= 4 is 26.8 Å². The molecule has 0 spiro atoms. The average Bonchev–Trinajstić information content (AvgIpc) is 2.80. The molecule has 0 saturated carbocycles. The molecule has 1 fully saturated rings. The number of aromatic amines is 1. The van der Waals surface area contributed by atoms with Crippen molar-refractivity contribution < 1.29 is 48.7 Å². The van der Waals surface area contributed by atoms with E-state index in [0.717, 1.165) is 10.6 Å². The van der Waals surface area contributed by atoms with Gasteiger partial charge in [-0.05, 0) is 11.8 Å². The number of aromatic nitrogens is 2. The van der Waals surface area contributed by atoms with Crippen LogP contribution in [-0.4, -0.2) is 76.3 Å². The normalized spacial score (nSPS) is 24.3. The van der Waals surface area contributed by atoms with Crippen LogP contribution in [0.5, 0.6) is 0 Å². The molecule has 0 radical (unpaired) electrons. The Balaban J connectivity index is 0.000000630. The number of aliphatic hydroxyl groups is 2. The van der Waals surface area contributed by atoms with E-state index in [2.05, 4.69) is 16.8 Å². The highest BCUT2D eigenvalue weighted by molar-refractivity contribution is 8.06. The molecule has 1 saturated heterocycles. The van der Waals surface area contributed by atoms with Crippen LogP contribution < -0.4 is 11.2 Å². The van der Waals surface area contributed by atoms with Crippen molar-refractivity contribution in [2.75, 3.05) is 13.7 Å². The van der Waals surface area contributed by atoms with E-state index < -0.39 is 57.4 Å². The van der Waals surface area contributed by atoms with Crippen LogP contribution in [0.1, 0.15) is 6.23 Å². The van der Waals surface area contributed by atoms with Gasteiger partial charge >= 0.3 is 20.7 Å². The van der Waals surface area contributed by atoms with Crippen molar-refractivity contribution in [3.63, 3.8) is 0 Å². The van der Waals surface area contributed by atoms with Crippen LogP contribution in [0.15, 0.2) is 21.9 Å². The summed E-state index contributed by atoms with van der Waals surface area (Å²) in [6.07, 6.45) is -2.33. The fourth-order valence-electron chi connectivity index (χ4n) is 1.98. The van der Waals surface area contributed by atoms with Crippen molar-refractivity contribution in [1.82, 2.24) is 9.55 Å². The predicted octanol–water partition coefficient (Wildman–Crippen LogP) is -3.38. The quantitative estimate of drug-likeness (QED) is 0.209. The van der Waals surface area contributed by atoms with Crippen molar-refractivity contribution in [2.45, 2.75) is 24.5 Å². The molecule has 4 atom stereocenters. The molecule has 2 rings (SSSR count). The fraction of sp³-hybridized carbons (Fsp3) is 0.600. The van der Waals surface area contributed by atoms with E-state index in [-0.39, 0.29) is 0 Å². The topological polar surface area (TPSA) is 232 Å². The molecule has 0 bridgehead atoms. The van der Waals surface area contributed by atoms with Gasteiger partial charge in [0.15, 0.2) is 6.23 Å². The summed E-state index contributed by atoms with van der Waals surface area (Å²) < 4.78 is 20.2. The van der Waals surface area contributed by atoms with Gasteiger partial charge in [0, 0.05) is 23.9 Å². The van der Waals surface area contributed by atoms with Crippen LogP contribution in [0.2, 0.25) is 0 Å². The fourth-order valence-corrected chi connectivity index (χ4v) is 1.98. The minimum absolute atomic E-state index is 0.393. The number of ether oxygens (including phenoxy) is 2. The highest BCUT2D eigenvalue weighted by atomic mass is 32.5. The number of rotatable bonds is 3. The summed E-state index contributed by atoms with van der Waals surface area (Å²) in [7, 11) is -1.51. The summed E-state index contributed by atoms with van der Waals surface area (Å²) in [5, 5.41) is 18.9. The number of nitrogens with one attached hydrogen (secondary N) is 1. The SMILES string of the molecule is CO[C@@H]1[C@H](O)[C@@H](CO)O[C@H]1n1ccc(=O)[nH]c1=O.O=[P+](O)O.OP(O)(O)=S. The maximum Gasteiger partial charge on any atom is 0.692 e. The summed E-state index contributed by atoms with van der Waals surface area (Å²) in [4.78, 5) is 61.6. The maximum absolute atomic E-state index is 11.6. The largest absolute Gasteiger partial charge is 0.692 e. The summed E-state index contributed by atoms with van der Waals surface area (Å²) in [6.45, 7) is -4.20. The third-order valence-corrected chi connectivity index (χ3v) is 2.89. The highest BCUT2D eigenvalue weighted by Crippen LogP contribution is 2.29. The molecule has 0 unspecified atom stereocenters. The molecular formula is C10H19N2O12P2S+. The third kappa shape index (κ3) is 10.3. The smallest absolute Gasteiger partial charge is 0.394 e. The van der Waals surface area contributed by atoms with Crippen molar-refractivity contribution in [2.24, 2.45) is 0 Å². The Labute approximate surface area is 157 Å². The van der Waals surface area contributed by atoms with Crippen molar-refractivity contribution in [1.29, 1.82) is 0 Å². The Bertz CT molecular complexity index is 751. The second-order valence-corrected chi connectivity index (χ2v) is 7.72. The molecule has 1 aromatic rings. The number of H-pyrrole nitrogens is 1. The standard InChI is InChI=1S/C10H14N2O6.H3O3PS.HO3P/c1-17-8-7(15)5(4-13)18-9(8)12-3-2-6(14)11-10(12)16;1-4(2,3)5;1-4(2)3/h2-3,5,7-9,13,15H,4H2,1H3,(H,11,14,16);(H3,1,2,3,5);(H-,1,2,3)/p+1/t5-,7-,8-,9-;;/m1../s1. The lowest BCUT2D eigenvalue weighted by atomic mass is 10.1. The van der Waals surface area contributed by atoms with E-state index >= 15 is 0 Å². The minimum Gasteiger partial charge on any atom is -0.394 e. The molecule has 27 heavy (non-hydrogen) atoms. The van der Waals surface area contributed by atoms with Crippen LogP contribution in [0, 0.1) is 0 Å². The van der Waals surface area contributed by atoms with E-state index in [9.17, 15) is 14.7 Å². The molecule has 156 valence electrons. The first-order chi connectivity index (χ1) is 12.3. The van der Waals surface area contributed by atoms with Gasteiger partial charge in [-0.3, -0.25) is 14.3 Å². The van der Waals surface area contributed by atoms with Gasteiger partial charge in [-0.1, -0.05) is 0 Å². The van der Waals surface area contributed by atoms with E-state index in [1.54, 1.807) is 0 Å². The Hall–Kier alpha value is -0.930. The summed E-state index contributed by atoms with van der Waals surface area (Å²) in [5.41, 5.74) is -1.19. The van der Waals surface area contributed by atoms with Crippen LogP contribution in [-0.2, 0) is 25.8 Å². The molecule has 0 aromatic carbocycles. The van der Waals surface area contributed by atoms with Crippen LogP contribution in [0.25, 0.3) is 0 Å². The molecule has 1 aromatic heterocycles. The number of hydrogen-bond donors (Lipinski definition) is 8. The average molecular weight is 453 g/mol. The predicted molar refractivity (Wildman–Crippen MR) is 92.1 cm³/mol. The van der Waals surface area contributed by atoms with Crippen LogP contribution >= 0.6 is 15.0 Å². The first-order valence-corrected chi connectivity index (χ1v) is 10.6. The molecule has 0 aliphatic carbocycles. The third-order valence-electron chi connectivity index (χ3n) is 2.89. The van der Waals surface area contributed by atoms with Gasteiger partial charge in [0.05, 0.1) is 6.61 Å². The molecule has 14 nitrogen and oxygen atoms in total. The molecule has 0 amide bonds. The lowest BCUT2D eigenvalue weighted by Gasteiger charge is -2.19. The molecule has 1 aliphatic rings. The number of aliphatic hydroxyl groups excluding tert-OH is 2. The number of nitrogens with zero attached hydrogens (tertiary/aromatic N) is 1. The Morgan fingerprint density at radius 1 is 1.37 bits per heavy atom. The Kier molecular flexibility index (Phi) is 11.4. The van der Waals surface area contributed by atoms with Gasteiger partial charge in [0.2, 0.25) is 0 Å². The molecular weight excluding hydrogens is 434 g/mol. The number of methoxy groups -OCH3 is 1. The van der Waals surface area contributed by atoms with Gasteiger partial charge in [0.25, 0.3) is 5.56 Å². The van der Waals surface area contributed by atoms with Crippen molar-refractivity contribution in [3.05, 3.63) is 33.1 Å². The summed E-state index contributed by atoms with van der Waals surface area (Å²) in [6, 6.07) is 1.16.